The van der Waals surface area contributed by atoms with Crippen LogP contribution in [0, 0.1) is 5.92 Å². The van der Waals surface area contributed by atoms with Gasteiger partial charge in [0.25, 0.3) is 0 Å². The van der Waals surface area contributed by atoms with Gasteiger partial charge >= 0.3 is 6.18 Å². The standard InChI is InChI=1S/C16H21F3N2O/c17-16(18,19)12-7-4-8-13(9-12)21-15(22)14(10-20)11-5-2-1-3-6-11/h1-3,5-6,12-14H,4,7-10,20H2,(H,21,22). The molecule has 0 aromatic heterocycles. The lowest BCUT2D eigenvalue weighted by Crippen LogP contribution is -2.44. The van der Waals surface area contributed by atoms with E-state index in [1.165, 1.54) is 0 Å². The summed E-state index contributed by atoms with van der Waals surface area (Å²) >= 11 is 0. The van der Waals surface area contributed by atoms with Crippen LogP contribution in [0.4, 0.5) is 13.2 Å². The quantitative estimate of drug-likeness (QED) is 0.898. The first-order chi connectivity index (χ1) is 10.4. The molecule has 0 heterocycles. The van der Waals surface area contributed by atoms with E-state index in [0.29, 0.717) is 12.8 Å². The van der Waals surface area contributed by atoms with Crippen LogP contribution in [0.5, 0.6) is 0 Å². The second-order valence-corrected chi connectivity index (χ2v) is 5.81. The molecule has 1 aliphatic rings. The summed E-state index contributed by atoms with van der Waals surface area (Å²) in [5, 5.41) is 2.75. The average Bonchev–Trinajstić information content (AvgIpc) is 2.48. The topological polar surface area (TPSA) is 55.1 Å². The van der Waals surface area contributed by atoms with Gasteiger partial charge in [-0.3, -0.25) is 4.79 Å². The van der Waals surface area contributed by atoms with Crippen LogP contribution in [0.1, 0.15) is 37.2 Å². The zero-order chi connectivity index (χ0) is 16.2. The molecule has 3 atom stereocenters. The zero-order valence-corrected chi connectivity index (χ0v) is 12.3. The molecule has 3 N–H and O–H groups in total. The van der Waals surface area contributed by atoms with Crippen molar-refractivity contribution >= 4 is 5.91 Å². The van der Waals surface area contributed by atoms with Gasteiger partial charge < -0.3 is 11.1 Å². The maximum Gasteiger partial charge on any atom is 0.391 e. The lowest BCUT2D eigenvalue weighted by atomic mass is 9.85. The first-order valence-corrected chi connectivity index (χ1v) is 7.54. The monoisotopic (exact) mass is 314 g/mol. The predicted molar refractivity (Wildman–Crippen MR) is 78.2 cm³/mol. The zero-order valence-electron chi connectivity index (χ0n) is 12.3. The summed E-state index contributed by atoms with van der Waals surface area (Å²) in [5.74, 6) is -2.13. The van der Waals surface area contributed by atoms with E-state index in [-0.39, 0.29) is 25.3 Å². The smallest absolute Gasteiger partial charge is 0.353 e. The Morgan fingerprint density at radius 3 is 2.55 bits per heavy atom. The molecule has 0 bridgehead atoms. The van der Waals surface area contributed by atoms with E-state index < -0.39 is 24.1 Å². The Bertz CT molecular complexity index is 490. The van der Waals surface area contributed by atoms with Crippen LogP contribution in [0.15, 0.2) is 30.3 Å². The molecular weight excluding hydrogens is 293 g/mol. The minimum Gasteiger partial charge on any atom is -0.353 e. The maximum atomic E-state index is 12.8. The number of carbonyl (C=O) groups excluding carboxylic acids is 1. The second kappa shape index (κ2) is 7.13. The molecule has 1 aromatic rings. The van der Waals surface area contributed by atoms with E-state index in [2.05, 4.69) is 5.32 Å². The van der Waals surface area contributed by atoms with Crippen LogP contribution in [0.2, 0.25) is 0 Å². The molecule has 1 fully saturated rings. The number of halogens is 3. The van der Waals surface area contributed by atoms with Gasteiger partial charge in [0.15, 0.2) is 0 Å². The number of hydrogen-bond acceptors (Lipinski definition) is 2. The van der Waals surface area contributed by atoms with Gasteiger partial charge in [0.05, 0.1) is 11.8 Å². The Morgan fingerprint density at radius 2 is 1.95 bits per heavy atom. The van der Waals surface area contributed by atoms with Gasteiger partial charge in [-0.15, -0.1) is 0 Å². The first kappa shape index (κ1) is 16.8. The molecule has 1 amide bonds. The summed E-state index contributed by atoms with van der Waals surface area (Å²) in [6.07, 6.45) is -3.01. The molecule has 0 spiro atoms. The van der Waals surface area contributed by atoms with E-state index >= 15 is 0 Å². The Kier molecular flexibility index (Phi) is 5.45. The fourth-order valence-electron chi connectivity index (χ4n) is 3.00. The molecule has 122 valence electrons. The highest BCUT2D eigenvalue weighted by molar-refractivity contribution is 5.84. The van der Waals surface area contributed by atoms with Crippen molar-refractivity contribution in [2.75, 3.05) is 6.54 Å². The lowest BCUT2D eigenvalue weighted by molar-refractivity contribution is -0.184. The molecule has 3 nitrogen and oxygen atoms in total. The van der Waals surface area contributed by atoms with Crippen molar-refractivity contribution in [2.45, 2.75) is 43.8 Å². The van der Waals surface area contributed by atoms with Crippen LogP contribution in [0.3, 0.4) is 0 Å². The third-order valence-electron chi connectivity index (χ3n) is 4.24. The van der Waals surface area contributed by atoms with Gasteiger partial charge in [-0.1, -0.05) is 36.8 Å². The molecule has 3 unspecified atom stereocenters. The molecule has 22 heavy (non-hydrogen) atoms. The van der Waals surface area contributed by atoms with Crippen LogP contribution in [-0.2, 0) is 4.79 Å². The molecule has 2 rings (SSSR count). The number of amides is 1. The van der Waals surface area contributed by atoms with Crippen LogP contribution >= 0.6 is 0 Å². The fraction of sp³-hybridized carbons (Fsp3) is 0.562. The summed E-state index contributed by atoms with van der Waals surface area (Å²) in [6, 6.07) is 8.64. The van der Waals surface area contributed by atoms with Crippen molar-refractivity contribution in [2.24, 2.45) is 11.7 Å². The third kappa shape index (κ3) is 4.22. The molecule has 1 saturated carbocycles. The van der Waals surface area contributed by atoms with Crippen LogP contribution in [-0.4, -0.2) is 24.7 Å². The normalized spacial score (nSPS) is 23.8. The molecule has 6 heteroatoms. The van der Waals surface area contributed by atoms with Crippen molar-refractivity contribution in [3.63, 3.8) is 0 Å². The fourth-order valence-corrected chi connectivity index (χ4v) is 3.00. The molecule has 0 aliphatic heterocycles. The number of alkyl halides is 3. The summed E-state index contributed by atoms with van der Waals surface area (Å²) in [6.45, 7) is 0.130. The van der Waals surface area contributed by atoms with Gasteiger partial charge in [-0.05, 0) is 24.8 Å². The largest absolute Gasteiger partial charge is 0.391 e. The maximum absolute atomic E-state index is 12.8. The lowest BCUT2D eigenvalue weighted by Gasteiger charge is -2.32. The minimum atomic E-state index is -4.18. The van der Waals surface area contributed by atoms with E-state index in [1.54, 1.807) is 12.1 Å². The third-order valence-corrected chi connectivity index (χ3v) is 4.24. The van der Waals surface area contributed by atoms with E-state index in [9.17, 15) is 18.0 Å². The highest BCUT2D eigenvalue weighted by Gasteiger charge is 2.42. The summed E-state index contributed by atoms with van der Waals surface area (Å²) in [7, 11) is 0. The van der Waals surface area contributed by atoms with Gasteiger partial charge in [0.1, 0.15) is 0 Å². The number of nitrogens with one attached hydrogen (secondary N) is 1. The Balaban J connectivity index is 1.98. The van der Waals surface area contributed by atoms with Crippen molar-refractivity contribution in [1.82, 2.24) is 5.32 Å². The summed E-state index contributed by atoms with van der Waals surface area (Å²) in [4.78, 5) is 12.3. The van der Waals surface area contributed by atoms with E-state index in [4.69, 9.17) is 5.73 Å². The Hall–Kier alpha value is -1.56. The molecule has 1 aliphatic carbocycles. The second-order valence-electron chi connectivity index (χ2n) is 5.81. The van der Waals surface area contributed by atoms with Crippen LogP contribution in [0.25, 0.3) is 0 Å². The number of benzene rings is 1. The number of carbonyl (C=O) groups is 1. The SMILES string of the molecule is NCC(C(=O)NC1CCCC(C(F)(F)F)C1)c1ccccc1. The van der Waals surface area contributed by atoms with Crippen molar-refractivity contribution in [3.05, 3.63) is 35.9 Å². The molecule has 1 aromatic carbocycles. The molecular formula is C16H21F3N2O. The highest BCUT2D eigenvalue weighted by atomic mass is 19.4. The van der Waals surface area contributed by atoms with Crippen molar-refractivity contribution in [1.29, 1.82) is 0 Å². The number of rotatable bonds is 4. The Labute approximate surface area is 128 Å². The van der Waals surface area contributed by atoms with Gasteiger partial charge in [-0.2, -0.15) is 13.2 Å². The van der Waals surface area contributed by atoms with Gasteiger partial charge in [0, 0.05) is 12.6 Å². The average molecular weight is 314 g/mol. The molecule has 0 saturated heterocycles. The Morgan fingerprint density at radius 1 is 1.27 bits per heavy atom. The van der Waals surface area contributed by atoms with Gasteiger partial charge in [0.2, 0.25) is 5.91 Å². The number of nitrogens with two attached hydrogens (primary N) is 1. The van der Waals surface area contributed by atoms with Crippen molar-refractivity contribution in [3.8, 4) is 0 Å². The number of hydrogen-bond donors (Lipinski definition) is 2. The van der Waals surface area contributed by atoms with Crippen molar-refractivity contribution < 1.29 is 18.0 Å². The van der Waals surface area contributed by atoms with E-state index in [1.807, 2.05) is 18.2 Å². The first-order valence-electron chi connectivity index (χ1n) is 7.54. The summed E-state index contributed by atoms with van der Waals surface area (Å²) < 4.78 is 38.4. The highest BCUT2D eigenvalue weighted by Crippen LogP contribution is 2.37. The minimum absolute atomic E-state index is 0.0404. The van der Waals surface area contributed by atoms with Crippen LogP contribution < -0.4 is 11.1 Å². The van der Waals surface area contributed by atoms with Gasteiger partial charge in [-0.25, -0.2) is 0 Å². The molecule has 0 radical (unpaired) electrons. The van der Waals surface area contributed by atoms with E-state index in [0.717, 1.165) is 5.56 Å². The predicted octanol–water partition coefficient (Wildman–Crippen LogP) is 2.97. The summed E-state index contributed by atoms with van der Waals surface area (Å²) in [5.41, 5.74) is 6.45.